The summed E-state index contributed by atoms with van der Waals surface area (Å²) in [7, 11) is -3.90. The molecule has 0 unspecified atom stereocenters. The third-order valence-corrected chi connectivity index (χ3v) is 11.2. The highest BCUT2D eigenvalue weighted by molar-refractivity contribution is 7.92. The van der Waals surface area contributed by atoms with E-state index < -0.39 is 14.9 Å². The molecular weight excluding hydrogens is 771 g/mol. The van der Waals surface area contributed by atoms with E-state index in [1.807, 2.05) is 80.6 Å². The smallest absolute Gasteiger partial charge is 0.269 e. The number of aryl methyl sites for hydroxylation is 2. The largest absolute Gasteiger partial charge is 0.399 e. The summed E-state index contributed by atoms with van der Waals surface area (Å²) >= 11 is 2.63. The van der Waals surface area contributed by atoms with E-state index >= 15 is 0 Å². The van der Waals surface area contributed by atoms with Crippen molar-refractivity contribution in [1.29, 1.82) is 0 Å². The maximum Gasteiger partial charge on any atom is 0.269 e. The van der Waals surface area contributed by atoms with Crippen molar-refractivity contribution < 1.29 is 22.9 Å². The number of aromatic nitrogens is 2. The molecule has 16 heteroatoms. The predicted molar refractivity (Wildman–Crippen MR) is 221 cm³/mol. The summed E-state index contributed by atoms with van der Waals surface area (Å²) < 4.78 is 27.5. The maximum absolute atomic E-state index is 12.7. The topological polar surface area (TPSA) is 199 Å². The molecule has 5 N–H and O–H groups in total. The van der Waals surface area contributed by atoms with Crippen LogP contribution in [0.1, 0.15) is 42.4 Å². The molecular formula is C40H33N7O6S3. The summed E-state index contributed by atoms with van der Waals surface area (Å²) in [4.78, 5) is 44.4. The Morgan fingerprint density at radius 3 is 1.84 bits per heavy atom. The zero-order valence-corrected chi connectivity index (χ0v) is 32.2. The second-order valence-electron chi connectivity index (χ2n) is 12.2. The molecule has 7 aromatic rings. The zero-order valence-electron chi connectivity index (χ0n) is 29.8. The second-order valence-corrected chi connectivity index (χ2v) is 15.7. The number of thiazole rings is 2. The summed E-state index contributed by atoms with van der Waals surface area (Å²) in [5, 5.41) is 20.0. The number of hydrogen-bond donors (Lipinski definition) is 4. The van der Waals surface area contributed by atoms with Crippen molar-refractivity contribution in [2.45, 2.75) is 18.7 Å². The van der Waals surface area contributed by atoms with Crippen LogP contribution in [0.5, 0.6) is 0 Å². The Morgan fingerprint density at radius 1 is 0.714 bits per heavy atom. The number of nitrogens with two attached hydrogens (primary N) is 1. The number of non-ortho nitro benzene ring substituents is 1. The van der Waals surface area contributed by atoms with E-state index in [0.29, 0.717) is 49.0 Å². The lowest BCUT2D eigenvalue weighted by Gasteiger charge is -2.09. The van der Waals surface area contributed by atoms with E-state index in [4.69, 9.17) is 5.73 Å². The molecule has 0 radical (unpaired) electrons. The van der Waals surface area contributed by atoms with Crippen molar-refractivity contribution in [2.24, 2.45) is 0 Å². The van der Waals surface area contributed by atoms with E-state index in [0.717, 1.165) is 28.9 Å². The molecule has 2 heterocycles. The molecule has 0 atom stereocenters. The van der Waals surface area contributed by atoms with Gasteiger partial charge in [0.1, 0.15) is 5.69 Å². The van der Waals surface area contributed by atoms with Crippen LogP contribution in [0.3, 0.4) is 0 Å². The first-order chi connectivity index (χ1) is 26.9. The van der Waals surface area contributed by atoms with Gasteiger partial charge in [-0.15, -0.1) is 11.3 Å². The quantitative estimate of drug-likeness (QED) is 0.0397. The summed E-state index contributed by atoms with van der Waals surface area (Å²) in [6.07, 6.45) is 1.52. The lowest BCUT2D eigenvalue weighted by molar-refractivity contribution is -0.384. The second kappa shape index (κ2) is 17.2. The molecule has 0 amide bonds. The Morgan fingerprint density at radius 2 is 1.25 bits per heavy atom. The Bertz CT molecular complexity index is 2620. The lowest BCUT2D eigenvalue weighted by atomic mass is 10.0. The Hall–Kier alpha value is -6.75. The van der Waals surface area contributed by atoms with Crippen LogP contribution in [0.4, 0.5) is 38.7 Å². The van der Waals surface area contributed by atoms with E-state index in [1.165, 1.54) is 41.0 Å². The number of carbonyl (C=O) groups is 2. The van der Waals surface area contributed by atoms with Gasteiger partial charge in [0.2, 0.25) is 11.6 Å². The summed E-state index contributed by atoms with van der Waals surface area (Å²) in [6.45, 7) is 3.80. The molecule has 56 heavy (non-hydrogen) atoms. The van der Waals surface area contributed by atoms with Gasteiger partial charge in [0.05, 0.1) is 20.9 Å². The number of nitro groups is 1. The molecule has 7 rings (SSSR count). The molecule has 282 valence electrons. The molecule has 0 aliphatic rings. The summed E-state index contributed by atoms with van der Waals surface area (Å²) in [5.74, 6) is -0.153. The molecule has 0 aliphatic heterocycles. The number of anilines is 6. The molecule has 2 aromatic heterocycles. The Balaban J connectivity index is 0.000000208. The number of hydrogen-bond acceptors (Lipinski definition) is 13. The van der Waals surface area contributed by atoms with Crippen LogP contribution in [0.15, 0.2) is 138 Å². The molecule has 0 spiro atoms. The van der Waals surface area contributed by atoms with Crippen molar-refractivity contribution in [1.82, 2.24) is 9.97 Å². The van der Waals surface area contributed by atoms with Crippen LogP contribution in [-0.2, 0) is 10.0 Å². The maximum atomic E-state index is 12.7. The summed E-state index contributed by atoms with van der Waals surface area (Å²) in [5.41, 5.74) is 11.6. The van der Waals surface area contributed by atoms with Gasteiger partial charge in [0.15, 0.2) is 10.3 Å². The number of nitrogens with zero attached hydrogens (tertiary/aromatic N) is 3. The number of nitrogen functional groups attached to an aromatic ring is 1. The van der Waals surface area contributed by atoms with Crippen molar-refractivity contribution >= 4 is 83.0 Å². The Kier molecular flexibility index (Phi) is 11.9. The van der Waals surface area contributed by atoms with Crippen molar-refractivity contribution in [2.75, 3.05) is 21.1 Å². The van der Waals surface area contributed by atoms with Crippen LogP contribution in [0.25, 0.3) is 0 Å². The number of rotatable bonds is 12. The van der Waals surface area contributed by atoms with Crippen LogP contribution in [0.2, 0.25) is 0 Å². The number of benzene rings is 5. The van der Waals surface area contributed by atoms with Gasteiger partial charge in [0, 0.05) is 51.4 Å². The number of ketones is 2. The number of sulfonamides is 1. The van der Waals surface area contributed by atoms with Crippen LogP contribution in [0, 0.1) is 24.0 Å². The Labute approximate surface area is 330 Å². The molecule has 13 nitrogen and oxygen atoms in total. The third-order valence-electron chi connectivity index (χ3n) is 8.15. The molecule has 5 aromatic carbocycles. The van der Waals surface area contributed by atoms with Gasteiger partial charge in [-0.1, -0.05) is 59.9 Å². The number of nitrogens with one attached hydrogen (secondary N) is 3. The van der Waals surface area contributed by atoms with Crippen molar-refractivity contribution in [3.8, 4) is 0 Å². The first-order valence-corrected chi connectivity index (χ1v) is 19.9. The molecule has 0 saturated heterocycles. The molecule has 0 fully saturated rings. The van der Waals surface area contributed by atoms with E-state index in [-0.39, 0.29) is 22.1 Å². The fraction of sp³-hybridized carbons (Fsp3) is 0.0500. The minimum absolute atomic E-state index is 0.0558. The molecule has 0 saturated carbocycles. The zero-order chi connectivity index (χ0) is 39.8. The van der Waals surface area contributed by atoms with Crippen molar-refractivity contribution in [3.05, 3.63) is 176 Å². The van der Waals surface area contributed by atoms with Gasteiger partial charge < -0.3 is 16.4 Å². The van der Waals surface area contributed by atoms with Crippen LogP contribution < -0.4 is 21.1 Å². The lowest BCUT2D eigenvalue weighted by Crippen LogP contribution is -2.12. The molecule has 0 aliphatic carbocycles. The van der Waals surface area contributed by atoms with E-state index in [2.05, 4.69) is 25.3 Å². The number of nitro benzene ring substituents is 1. The highest BCUT2D eigenvalue weighted by atomic mass is 32.2. The van der Waals surface area contributed by atoms with Gasteiger partial charge >= 0.3 is 0 Å². The highest BCUT2D eigenvalue weighted by Gasteiger charge is 2.18. The van der Waals surface area contributed by atoms with Crippen LogP contribution in [-0.4, -0.2) is 34.9 Å². The normalized spacial score (nSPS) is 10.8. The minimum Gasteiger partial charge on any atom is -0.399 e. The van der Waals surface area contributed by atoms with Gasteiger partial charge in [0.25, 0.3) is 15.7 Å². The minimum atomic E-state index is -3.90. The van der Waals surface area contributed by atoms with Gasteiger partial charge in [-0.3, -0.25) is 24.4 Å². The first-order valence-electron chi connectivity index (χ1n) is 16.8. The van der Waals surface area contributed by atoms with Gasteiger partial charge in [-0.2, -0.15) is 0 Å². The highest BCUT2D eigenvalue weighted by Crippen LogP contribution is 2.28. The summed E-state index contributed by atoms with van der Waals surface area (Å²) in [6, 6.07) is 33.3. The van der Waals surface area contributed by atoms with Crippen LogP contribution >= 0.6 is 22.7 Å². The van der Waals surface area contributed by atoms with Gasteiger partial charge in [-0.25, -0.2) is 18.4 Å². The SMILES string of the molecule is Cc1ccccc1C(=O)c1cnc(Nc2ccc(NS(=O)(=O)c3ccc([N+](=O)[O-])cc3)cc2)s1.Cc1ccccc1C(=O)c1csc(Nc2ccc(N)cc2)n1. The van der Waals surface area contributed by atoms with E-state index in [9.17, 15) is 28.1 Å². The average molecular weight is 804 g/mol. The van der Waals surface area contributed by atoms with Gasteiger partial charge in [-0.05, 0) is 85.6 Å². The third kappa shape index (κ3) is 9.67. The monoisotopic (exact) mass is 803 g/mol. The fourth-order valence-electron chi connectivity index (χ4n) is 5.19. The first kappa shape index (κ1) is 39.0. The fourth-order valence-corrected chi connectivity index (χ4v) is 7.75. The standard InChI is InChI=1S/C23H18N4O5S2.C17H15N3OS/c1-15-4-2-3-5-20(15)22(28)21-14-24-23(33-21)25-16-6-8-17(9-7-16)26-34(31,32)19-12-10-18(11-13-19)27(29)30;1-11-4-2-3-5-14(11)16(21)15-10-22-17(20-15)19-13-8-6-12(18)7-9-13/h2-14,26H,1H3,(H,24,25);2-10H,18H2,1H3,(H,19,20). The number of carbonyl (C=O) groups excluding carboxylic acids is 2. The van der Waals surface area contributed by atoms with Crippen molar-refractivity contribution in [3.63, 3.8) is 0 Å². The molecule has 0 bridgehead atoms. The average Bonchev–Trinajstić information content (AvgIpc) is 3.87. The van der Waals surface area contributed by atoms with E-state index in [1.54, 1.807) is 35.7 Å². The predicted octanol–water partition coefficient (Wildman–Crippen LogP) is 9.14.